The van der Waals surface area contributed by atoms with E-state index in [1.165, 1.54) is 24.1 Å². The number of nitrogens with one attached hydrogen (secondary N) is 1. The van der Waals surface area contributed by atoms with Crippen LogP contribution in [0.4, 0.5) is 17.2 Å². The summed E-state index contributed by atoms with van der Waals surface area (Å²) < 4.78 is 0. The van der Waals surface area contributed by atoms with E-state index in [2.05, 4.69) is 27.3 Å². The van der Waals surface area contributed by atoms with E-state index in [9.17, 15) is 0 Å². The Bertz CT molecular complexity index is 543. The van der Waals surface area contributed by atoms with Crippen LogP contribution in [0.5, 0.6) is 0 Å². The van der Waals surface area contributed by atoms with Crippen LogP contribution in [-0.4, -0.2) is 18.1 Å². The second-order valence-corrected chi connectivity index (χ2v) is 6.11. The van der Waals surface area contributed by atoms with Gasteiger partial charge in [-0.3, -0.25) is 0 Å². The number of pyridine rings is 1. The standard InChI is InChI=1S/C15H20N4S/c16-13-6-9-20-14(13)11-17-12-4-5-15(18-10-12)19-7-2-1-3-8-19/h4-6,9-10,17H,1-3,7-8,11,16H2. The molecule has 5 heteroatoms. The molecule has 0 aliphatic carbocycles. The van der Waals surface area contributed by atoms with E-state index in [1.54, 1.807) is 11.3 Å². The van der Waals surface area contributed by atoms with Gasteiger partial charge in [-0.25, -0.2) is 4.98 Å². The summed E-state index contributed by atoms with van der Waals surface area (Å²) in [5.41, 5.74) is 7.78. The number of anilines is 3. The van der Waals surface area contributed by atoms with Gasteiger partial charge in [0.15, 0.2) is 0 Å². The van der Waals surface area contributed by atoms with Gasteiger partial charge in [-0.05, 0) is 42.8 Å². The van der Waals surface area contributed by atoms with Crippen molar-refractivity contribution in [3.63, 3.8) is 0 Å². The van der Waals surface area contributed by atoms with Crippen molar-refractivity contribution >= 4 is 28.5 Å². The molecule has 20 heavy (non-hydrogen) atoms. The SMILES string of the molecule is Nc1ccsc1CNc1ccc(N2CCCCC2)nc1. The van der Waals surface area contributed by atoms with Crippen LogP contribution in [0.3, 0.4) is 0 Å². The topological polar surface area (TPSA) is 54.2 Å². The molecule has 0 amide bonds. The number of thiophene rings is 1. The number of aromatic nitrogens is 1. The Morgan fingerprint density at radius 3 is 2.70 bits per heavy atom. The highest BCUT2D eigenvalue weighted by atomic mass is 32.1. The number of nitrogens with zero attached hydrogens (tertiary/aromatic N) is 2. The fraction of sp³-hybridized carbons (Fsp3) is 0.400. The summed E-state index contributed by atoms with van der Waals surface area (Å²) in [6.45, 7) is 3.02. The number of nitrogens with two attached hydrogens (primary N) is 1. The van der Waals surface area contributed by atoms with E-state index >= 15 is 0 Å². The minimum Gasteiger partial charge on any atom is -0.398 e. The van der Waals surface area contributed by atoms with Gasteiger partial charge in [0, 0.05) is 23.7 Å². The quantitative estimate of drug-likeness (QED) is 0.906. The molecular formula is C15H20N4S. The number of piperidine rings is 1. The molecule has 2 aromatic rings. The zero-order chi connectivity index (χ0) is 13.8. The van der Waals surface area contributed by atoms with Crippen LogP contribution < -0.4 is 16.0 Å². The number of hydrogen-bond acceptors (Lipinski definition) is 5. The molecule has 1 aliphatic rings. The Morgan fingerprint density at radius 1 is 1.20 bits per heavy atom. The van der Waals surface area contributed by atoms with Crippen LogP contribution in [-0.2, 0) is 6.54 Å². The summed E-state index contributed by atoms with van der Waals surface area (Å²) in [5.74, 6) is 1.09. The van der Waals surface area contributed by atoms with E-state index in [0.29, 0.717) is 0 Å². The second kappa shape index (κ2) is 6.13. The Hall–Kier alpha value is -1.75. The molecule has 3 heterocycles. The van der Waals surface area contributed by atoms with Gasteiger partial charge >= 0.3 is 0 Å². The van der Waals surface area contributed by atoms with Crippen molar-refractivity contribution in [1.82, 2.24) is 4.98 Å². The molecule has 2 aromatic heterocycles. The first kappa shape index (κ1) is 13.2. The summed E-state index contributed by atoms with van der Waals surface area (Å²) >= 11 is 1.68. The molecule has 0 bridgehead atoms. The van der Waals surface area contributed by atoms with Crippen molar-refractivity contribution in [3.05, 3.63) is 34.7 Å². The predicted molar refractivity (Wildman–Crippen MR) is 86.4 cm³/mol. The van der Waals surface area contributed by atoms with Gasteiger partial charge in [0.2, 0.25) is 0 Å². The van der Waals surface area contributed by atoms with E-state index in [-0.39, 0.29) is 0 Å². The van der Waals surface area contributed by atoms with Gasteiger partial charge in [0.1, 0.15) is 5.82 Å². The predicted octanol–water partition coefficient (Wildman–Crippen LogP) is 3.33. The van der Waals surface area contributed by atoms with Crippen molar-refractivity contribution in [3.8, 4) is 0 Å². The van der Waals surface area contributed by atoms with Crippen molar-refractivity contribution in [2.45, 2.75) is 25.8 Å². The van der Waals surface area contributed by atoms with Crippen LogP contribution in [0.1, 0.15) is 24.1 Å². The first-order valence-electron chi connectivity index (χ1n) is 7.09. The lowest BCUT2D eigenvalue weighted by atomic mass is 10.1. The van der Waals surface area contributed by atoms with Gasteiger partial charge in [0.05, 0.1) is 18.4 Å². The monoisotopic (exact) mass is 288 g/mol. The maximum Gasteiger partial charge on any atom is 0.128 e. The lowest BCUT2D eigenvalue weighted by Crippen LogP contribution is -2.30. The molecule has 0 unspecified atom stereocenters. The third-order valence-corrected chi connectivity index (χ3v) is 4.60. The van der Waals surface area contributed by atoms with Crippen LogP contribution >= 0.6 is 11.3 Å². The molecule has 4 nitrogen and oxygen atoms in total. The Labute approximate surface area is 123 Å². The van der Waals surface area contributed by atoms with Crippen LogP contribution in [0.25, 0.3) is 0 Å². The molecule has 1 aliphatic heterocycles. The highest BCUT2D eigenvalue weighted by Gasteiger charge is 2.11. The molecule has 3 rings (SSSR count). The molecule has 1 saturated heterocycles. The summed E-state index contributed by atoms with van der Waals surface area (Å²) in [5, 5.41) is 5.39. The molecule has 3 N–H and O–H groups in total. The lowest BCUT2D eigenvalue weighted by Gasteiger charge is -2.27. The van der Waals surface area contributed by atoms with Gasteiger partial charge in [-0.2, -0.15) is 0 Å². The highest BCUT2D eigenvalue weighted by Crippen LogP contribution is 2.22. The fourth-order valence-electron chi connectivity index (χ4n) is 2.48. The van der Waals surface area contributed by atoms with Crippen LogP contribution in [0.15, 0.2) is 29.8 Å². The average molecular weight is 288 g/mol. The van der Waals surface area contributed by atoms with E-state index in [0.717, 1.165) is 36.8 Å². The van der Waals surface area contributed by atoms with Gasteiger partial charge in [-0.1, -0.05) is 0 Å². The molecule has 0 saturated carbocycles. The van der Waals surface area contributed by atoms with Gasteiger partial charge < -0.3 is 16.0 Å². The molecule has 0 aromatic carbocycles. The molecule has 0 spiro atoms. The zero-order valence-corrected chi connectivity index (χ0v) is 12.3. The number of hydrogen-bond donors (Lipinski definition) is 2. The average Bonchev–Trinajstić information content (AvgIpc) is 2.92. The van der Waals surface area contributed by atoms with E-state index in [4.69, 9.17) is 5.73 Å². The fourth-order valence-corrected chi connectivity index (χ4v) is 3.22. The van der Waals surface area contributed by atoms with Gasteiger partial charge in [-0.15, -0.1) is 11.3 Å². The first-order valence-corrected chi connectivity index (χ1v) is 7.97. The summed E-state index contributed by atoms with van der Waals surface area (Å²) in [7, 11) is 0. The molecule has 1 fully saturated rings. The minimum absolute atomic E-state index is 0.758. The van der Waals surface area contributed by atoms with Crippen molar-refractivity contribution in [2.24, 2.45) is 0 Å². The molecule has 0 atom stereocenters. The second-order valence-electron chi connectivity index (χ2n) is 5.11. The summed E-state index contributed by atoms with van der Waals surface area (Å²) in [6, 6.07) is 6.14. The third kappa shape index (κ3) is 3.04. The van der Waals surface area contributed by atoms with Crippen molar-refractivity contribution < 1.29 is 0 Å². The Kier molecular flexibility index (Phi) is 4.06. The van der Waals surface area contributed by atoms with Crippen molar-refractivity contribution in [1.29, 1.82) is 0 Å². The maximum atomic E-state index is 5.87. The van der Waals surface area contributed by atoms with Crippen LogP contribution in [0.2, 0.25) is 0 Å². The van der Waals surface area contributed by atoms with Gasteiger partial charge in [0.25, 0.3) is 0 Å². The largest absolute Gasteiger partial charge is 0.398 e. The van der Waals surface area contributed by atoms with Crippen molar-refractivity contribution in [2.75, 3.05) is 29.0 Å². The Balaban J connectivity index is 1.59. The normalized spacial score (nSPS) is 15.3. The first-order chi connectivity index (χ1) is 9.83. The maximum absolute atomic E-state index is 5.87. The molecule has 0 radical (unpaired) electrons. The van der Waals surface area contributed by atoms with E-state index in [1.807, 2.05) is 17.6 Å². The molecule has 106 valence electrons. The number of rotatable bonds is 4. The Morgan fingerprint density at radius 2 is 2.05 bits per heavy atom. The third-order valence-electron chi connectivity index (χ3n) is 3.66. The lowest BCUT2D eigenvalue weighted by molar-refractivity contribution is 0.573. The van der Waals surface area contributed by atoms with Crippen LogP contribution in [0, 0.1) is 0 Å². The molecular weight excluding hydrogens is 268 g/mol. The highest BCUT2D eigenvalue weighted by molar-refractivity contribution is 7.10. The minimum atomic E-state index is 0.758. The smallest absolute Gasteiger partial charge is 0.128 e. The summed E-state index contributed by atoms with van der Waals surface area (Å²) in [6.07, 6.45) is 5.81. The summed E-state index contributed by atoms with van der Waals surface area (Å²) in [4.78, 5) is 8.10. The van der Waals surface area contributed by atoms with E-state index < -0.39 is 0 Å². The number of nitrogen functional groups attached to an aromatic ring is 1. The zero-order valence-electron chi connectivity index (χ0n) is 11.5.